The van der Waals surface area contributed by atoms with Crippen LogP contribution in [0.15, 0.2) is 29.4 Å². The quantitative estimate of drug-likeness (QED) is 0.0596. The van der Waals surface area contributed by atoms with Crippen molar-refractivity contribution in [3.8, 4) is 5.69 Å². The zero-order valence-electron chi connectivity index (χ0n) is 30.1. The summed E-state index contributed by atoms with van der Waals surface area (Å²) < 4.78 is 2.34. The first-order valence-corrected chi connectivity index (χ1v) is 21.8. The van der Waals surface area contributed by atoms with Gasteiger partial charge in [0.15, 0.2) is 0 Å². The summed E-state index contributed by atoms with van der Waals surface area (Å²) in [6, 6.07) is 9.10. The van der Waals surface area contributed by atoms with Crippen molar-refractivity contribution in [1.29, 1.82) is 0 Å². The average Bonchev–Trinajstić information content (AvgIpc) is 3.45. The molecule has 0 aliphatic rings. The Morgan fingerprint density at radius 3 is 1.40 bits per heavy atom. The van der Waals surface area contributed by atoms with E-state index in [0.717, 1.165) is 17.4 Å². The summed E-state index contributed by atoms with van der Waals surface area (Å²) in [4.78, 5) is 0. The van der Waals surface area contributed by atoms with Gasteiger partial charge in [-0.1, -0.05) is 198 Å². The Bertz CT molecular complexity index is 924. The molecule has 0 unspecified atom stereocenters. The molecule has 0 saturated heterocycles. The molecule has 1 heterocycles. The highest BCUT2D eigenvalue weighted by Gasteiger charge is 2.15. The Morgan fingerprint density at radius 2 is 0.956 bits per heavy atom. The van der Waals surface area contributed by atoms with Gasteiger partial charge in [-0.05, 0) is 47.2 Å². The molecule has 1 aromatic heterocycles. The number of nitrogens with zero attached hydrogens (tertiary/aromatic N) is 3. The Balaban J connectivity index is 1.67. The molecule has 2 aromatic rings. The molecule has 0 amide bonds. The number of aromatic nitrogens is 3. The van der Waals surface area contributed by atoms with E-state index in [4.69, 9.17) is 5.10 Å². The average molecular weight is 658 g/mol. The maximum atomic E-state index is 4.71. The Labute approximate surface area is 288 Å². The second kappa shape index (κ2) is 28.1. The van der Waals surface area contributed by atoms with Crippen LogP contribution in [0.2, 0.25) is 0 Å². The van der Waals surface area contributed by atoms with Gasteiger partial charge in [0, 0.05) is 17.9 Å². The molecule has 0 aliphatic heterocycles. The van der Waals surface area contributed by atoms with Gasteiger partial charge in [0.1, 0.15) is 5.82 Å². The standard InChI is InChI=1S/C40H71N3S2/c1-5-7-9-11-13-15-17-18-19-20-21-22-24-26-28-30-39-41-42-40(43(39)38-33-31-37(32-34-38)36(3)4)45-44-35-29-27-25-23-16-14-12-10-8-6-2/h31-34,36H,5-30,35H2,1-4H3. The first kappa shape index (κ1) is 40.2. The second-order valence-electron chi connectivity index (χ2n) is 13.8. The topological polar surface area (TPSA) is 30.7 Å². The van der Waals surface area contributed by atoms with E-state index < -0.39 is 0 Å². The summed E-state index contributed by atoms with van der Waals surface area (Å²) in [6.45, 7) is 9.13. The molecule has 0 N–H and O–H groups in total. The van der Waals surface area contributed by atoms with Crippen LogP contribution in [-0.4, -0.2) is 20.5 Å². The molecule has 0 radical (unpaired) electrons. The fourth-order valence-corrected chi connectivity index (χ4v) is 8.29. The minimum Gasteiger partial charge on any atom is -0.273 e. The smallest absolute Gasteiger partial charge is 0.206 e. The molecule has 0 spiro atoms. The molecule has 5 heteroatoms. The largest absolute Gasteiger partial charge is 0.273 e. The fourth-order valence-electron chi connectivity index (χ4n) is 6.18. The second-order valence-corrected chi connectivity index (χ2v) is 16.2. The van der Waals surface area contributed by atoms with E-state index >= 15 is 0 Å². The van der Waals surface area contributed by atoms with Crippen LogP contribution in [0.25, 0.3) is 5.69 Å². The molecule has 0 saturated carbocycles. The number of hydrogen-bond donors (Lipinski definition) is 0. The third kappa shape index (κ3) is 19.5. The molecular formula is C40H71N3S2. The van der Waals surface area contributed by atoms with Gasteiger partial charge in [-0.3, -0.25) is 4.57 Å². The minimum absolute atomic E-state index is 0.546. The molecule has 2 rings (SSSR count). The summed E-state index contributed by atoms with van der Waals surface area (Å²) >= 11 is 0. The van der Waals surface area contributed by atoms with Crippen LogP contribution < -0.4 is 0 Å². The number of aryl methyl sites for hydroxylation is 1. The van der Waals surface area contributed by atoms with Crippen molar-refractivity contribution in [1.82, 2.24) is 14.8 Å². The summed E-state index contributed by atoms with van der Waals surface area (Å²) in [5.74, 6) is 2.86. The van der Waals surface area contributed by atoms with E-state index in [1.807, 2.05) is 21.6 Å². The van der Waals surface area contributed by atoms with Crippen LogP contribution in [-0.2, 0) is 6.42 Å². The summed E-state index contributed by atoms with van der Waals surface area (Å²) in [7, 11) is 3.78. The highest BCUT2D eigenvalue weighted by atomic mass is 33.1. The Kier molecular flexibility index (Phi) is 25.1. The first-order valence-electron chi connectivity index (χ1n) is 19.5. The van der Waals surface area contributed by atoms with Gasteiger partial charge in [-0.15, -0.1) is 10.2 Å². The van der Waals surface area contributed by atoms with Crippen LogP contribution in [0.4, 0.5) is 0 Å². The van der Waals surface area contributed by atoms with E-state index in [-0.39, 0.29) is 0 Å². The van der Waals surface area contributed by atoms with Gasteiger partial charge in [-0.25, -0.2) is 0 Å². The van der Waals surface area contributed by atoms with Crippen molar-refractivity contribution in [2.24, 2.45) is 0 Å². The molecule has 258 valence electrons. The predicted molar refractivity (Wildman–Crippen MR) is 204 cm³/mol. The van der Waals surface area contributed by atoms with Crippen LogP contribution >= 0.6 is 21.6 Å². The number of rotatable bonds is 31. The highest BCUT2D eigenvalue weighted by molar-refractivity contribution is 8.76. The molecule has 45 heavy (non-hydrogen) atoms. The third-order valence-electron chi connectivity index (χ3n) is 9.24. The molecular weight excluding hydrogens is 587 g/mol. The van der Waals surface area contributed by atoms with Gasteiger partial charge in [0.05, 0.1) is 0 Å². The van der Waals surface area contributed by atoms with Crippen LogP contribution in [0.1, 0.15) is 206 Å². The lowest BCUT2D eigenvalue weighted by Gasteiger charge is -2.12. The summed E-state index contributed by atoms with van der Waals surface area (Å²) in [6.07, 6.45) is 35.9. The molecule has 0 bridgehead atoms. The van der Waals surface area contributed by atoms with E-state index in [1.165, 1.54) is 178 Å². The van der Waals surface area contributed by atoms with Crippen molar-refractivity contribution in [3.63, 3.8) is 0 Å². The number of unbranched alkanes of at least 4 members (excludes halogenated alkanes) is 23. The van der Waals surface area contributed by atoms with E-state index in [9.17, 15) is 0 Å². The van der Waals surface area contributed by atoms with Gasteiger partial charge in [0.2, 0.25) is 5.16 Å². The Hall–Kier alpha value is -0.940. The summed E-state index contributed by atoms with van der Waals surface area (Å²) in [5, 5.41) is 10.4. The molecule has 0 atom stereocenters. The zero-order valence-corrected chi connectivity index (χ0v) is 31.8. The zero-order chi connectivity index (χ0) is 32.2. The van der Waals surface area contributed by atoms with Crippen molar-refractivity contribution >= 4 is 21.6 Å². The highest BCUT2D eigenvalue weighted by Crippen LogP contribution is 2.33. The van der Waals surface area contributed by atoms with Crippen molar-refractivity contribution < 1.29 is 0 Å². The number of benzene rings is 1. The monoisotopic (exact) mass is 658 g/mol. The maximum absolute atomic E-state index is 4.71. The van der Waals surface area contributed by atoms with E-state index in [1.54, 1.807) is 0 Å². The van der Waals surface area contributed by atoms with Crippen LogP contribution in [0.5, 0.6) is 0 Å². The minimum atomic E-state index is 0.546. The molecule has 1 aromatic carbocycles. The third-order valence-corrected chi connectivity index (χ3v) is 11.5. The van der Waals surface area contributed by atoms with E-state index in [0.29, 0.717) is 5.92 Å². The van der Waals surface area contributed by atoms with Gasteiger partial charge >= 0.3 is 0 Å². The molecule has 3 nitrogen and oxygen atoms in total. The van der Waals surface area contributed by atoms with Gasteiger partial charge in [0.25, 0.3) is 0 Å². The lowest BCUT2D eigenvalue weighted by molar-refractivity contribution is 0.531. The number of hydrogen-bond acceptors (Lipinski definition) is 4. The van der Waals surface area contributed by atoms with Crippen LogP contribution in [0, 0.1) is 0 Å². The van der Waals surface area contributed by atoms with E-state index in [2.05, 4.69) is 61.6 Å². The van der Waals surface area contributed by atoms with Crippen molar-refractivity contribution in [2.45, 2.75) is 206 Å². The Morgan fingerprint density at radius 1 is 0.533 bits per heavy atom. The molecule has 0 fully saturated rings. The maximum Gasteiger partial charge on any atom is 0.206 e. The molecule has 0 aliphatic carbocycles. The van der Waals surface area contributed by atoms with Gasteiger partial charge < -0.3 is 0 Å². The van der Waals surface area contributed by atoms with Crippen LogP contribution in [0.3, 0.4) is 0 Å². The lowest BCUT2D eigenvalue weighted by Crippen LogP contribution is -2.03. The lowest BCUT2D eigenvalue weighted by atomic mass is 10.0. The van der Waals surface area contributed by atoms with Crippen molar-refractivity contribution in [3.05, 3.63) is 35.7 Å². The SMILES string of the molecule is CCCCCCCCCCCCCCCCCc1nnc(SSCCCCCCCCCCCC)n1-c1ccc(C(C)C)cc1. The summed E-state index contributed by atoms with van der Waals surface area (Å²) in [5.41, 5.74) is 2.60. The van der Waals surface area contributed by atoms with Gasteiger partial charge in [-0.2, -0.15) is 0 Å². The normalized spacial score (nSPS) is 11.7. The van der Waals surface area contributed by atoms with Crippen molar-refractivity contribution in [2.75, 3.05) is 5.75 Å². The first-order chi connectivity index (χ1) is 22.2. The fraction of sp³-hybridized carbons (Fsp3) is 0.800. The predicted octanol–water partition coefficient (Wildman–Crippen LogP) is 14.5.